The average molecular weight is 229 g/mol. The second-order valence-corrected chi connectivity index (χ2v) is 5.13. The Hall–Kier alpha value is -0.110. The molecule has 0 aromatic heterocycles. The molecule has 2 aliphatic rings. The van der Waals surface area contributed by atoms with Crippen molar-refractivity contribution < 1.29 is 4.79 Å². The molecule has 2 rings (SSSR count). The van der Waals surface area contributed by atoms with E-state index >= 15 is 0 Å². The van der Waals surface area contributed by atoms with Crippen LogP contribution in [-0.4, -0.2) is 10.6 Å². The maximum absolute atomic E-state index is 11.3. The highest BCUT2D eigenvalue weighted by Gasteiger charge is 2.39. The lowest BCUT2D eigenvalue weighted by Crippen LogP contribution is -2.37. The predicted molar refractivity (Wildman–Crippen MR) is 52.3 cm³/mol. The van der Waals surface area contributed by atoms with E-state index in [4.69, 9.17) is 0 Å². The molecule has 2 atom stereocenters. The fourth-order valence-electron chi connectivity index (χ4n) is 2.47. The third-order valence-corrected chi connectivity index (χ3v) is 4.48. The second kappa shape index (κ2) is 2.99. The van der Waals surface area contributed by atoms with E-state index in [-0.39, 0.29) is 0 Å². The highest BCUT2D eigenvalue weighted by Crippen LogP contribution is 2.44. The number of hydrogen-bond donors (Lipinski definition) is 0. The fourth-order valence-corrected chi connectivity index (χ4v) is 3.22. The number of alkyl halides is 1. The molecule has 0 saturated heterocycles. The molecule has 0 aromatic carbocycles. The van der Waals surface area contributed by atoms with E-state index in [9.17, 15) is 4.79 Å². The number of carbonyl (C=O) groups is 1. The maximum Gasteiger partial charge on any atom is 0.133 e. The van der Waals surface area contributed by atoms with Gasteiger partial charge in [0.2, 0.25) is 0 Å². The molecule has 0 heterocycles. The summed E-state index contributed by atoms with van der Waals surface area (Å²) in [5.74, 6) is 1.53. The molecule has 2 saturated carbocycles. The lowest BCUT2D eigenvalue weighted by Gasteiger charge is -2.39. The van der Waals surface area contributed by atoms with Gasteiger partial charge in [0, 0.05) is 17.7 Å². The van der Waals surface area contributed by atoms with Crippen LogP contribution in [0.2, 0.25) is 0 Å². The van der Waals surface area contributed by atoms with Crippen molar-refractivity contribution in [2.45, 2.75) is 30.5 Å². The van der Waals surface area contributed by atoms with Crippen LogP contribution in [0.5, 0.6) is 0 Å². The summed E-state index contributed by atoms with van der Waals surface area (Å²) in [4.78, 5) is 11.8. The molecule has 2 fully saturated rings. The van der Waals surface area contributed by atoms with E-state index in [0.717, 1.165) is 25.7 Å². The molecule has 0 amide bonds. The number of Topliss-reactive ketones (excluding diaryl/α,β-unsaturated/α-hetero) is 1. The summed E-state index contributed by atoms with van der Waals surface area (Å²) >= 11 is 3.69. The van der Waals surface area contributed by atoms with E-state index in [0.29, 0.717) is 22.4 Å². The molecule has 0 N–H and O–H groups in total. The average Bonchev–Trinajstić information content (AvgIpc) is 1.94. The standard InChI is InChI=1S/C10H13BrO/c1-6-2-7-4-9(12)5-8(3-6)10(7)11/h7-8,10H,1-5H2. The van der Waals surface area contributed by atoms with Crippen molar-refractivity contribution in [3.63, 3.8) is 0 Å². The van der Waals surface area contributed by atoms with Crippen LogP contribution in [0.25, 0.3) is 0 Å². The van der Waals surface area contributed by atoms with Crippen molar-refractivity contribution in [3.05, 3.63) is 12.2 Å². The van der Waals surface area contributed by atoms with Gasteiger partial charge in [0.1, 0.15) is 5.78 Å². The van der Waals surface area contributed by atoms with Gasteiger partial charge >= 0.3 is 0 Å². The van der Waals surface area contributed by atoms with E-state index in [1.165, 1.54) is 5.57 Å². The van der Waals surface area contributed by atoms with Gasteiger partial charge in [0.05, 0.1) is 0 Å². The summed E-state index contributed by atoms with van der Waals surface area (Å²) in [6.07, 6.45) is 3.65. The number of ketones is 1. The highest BCUT2D eigenvalue weighted by atomic mass is 79.9. The van der Waals surface area contributed by atoms with Gasteiger partial charge in [-0.3, -0.25) is 4.79 Å². The first kappa shape index (κ1) is 8.49. The van der Waals surface area contributed by atoms with Crippen molar-refractivity contribution >= 4 is 21.7 Å². The monoisotopic (exact) mass is 228 g/mol. The molecule has 0 aromatic rings. The lowest BCUT2D eigenvalue weighted by atomic mass is 9.70. The molecule has 2 bridgehead atoms. The molecule has 1 nitrogen and oxygen atoms in total. The highest BCUT2D eigenvalue weighted by molar-refractivity contribution is 9.09. The van der Waals surface area contributed by atoms with E-state index in [1.54, 1.807) is 0 Å². The minimum absolute atomic E-state index is 0.452. The van der Waals surface area contributed by atoms with Crippen molar-refractivity contribution in [1.82, 2.24) is 0 Å². The summed E-state index contributed by atoms with van der Waals surface area (Å²) in [6, 6.07) is 0. The van der Waals surface area contributed by atoms with Crippen molar-refractivity contribution in [1.29, 1.82) is 0 Å². The Bertz CT molecular complexity index is 194. The Labute approximate surface area is 81.4 Å². The summed E-state index contributed by atoms with van der Waals surface area (Å²) in [5, 5.41) is 0. The molecule has 0 spiro atoms. The lowest BCUT2D eigenvalue weighted by molar-refractivity contribution is -0.123. The number of fused-ring (bicyclic) bond motifs is 2. The van der Waals surface area contributed by atoms with Crippen LogP contribution >= 0.6 is 15.9 Å². The van der Waals surface area contributed by atoms with Crippen molar-refractivity contribution in [2.24, 2.45) is 11.8 Å². The first-order valence-corrected chi connectivity index (χ1v) is 5.41. The second-order valence-electron chi connectivity index (χ2n) is 4.07. The van der Waals surface area contributed by atoms with Crippen LogP contribution in [0.3, 0.4) is 0 Å². The number of hydrogen-bond acceptors (Lipinski definition) is 1. The summed E-state index contributed by atoms with van der Waals surface area (Å²) in [6.45, 7) is 4.02. The minimum Gasteiger partial charge on any atom is -0.300 e. The van der Waals surface area contributed by atoms with Crippen LogP contribution < -0.4 is 0 Å². The molecule has 0 radical (unpaired) electrons. The van der Waals surface area contributed by atoms with Gasteiger partial charge in [-0.2, -0.15) is 0 Å². The van der Waals surface area contributed by atoms with Crippen LogP contribution in [0.4, 0.5) is 0 Å². The van der Waals surface area contributed by atoms with Crippen LogP contribution in [0.15, 0.2) is 12.2 Å². The predicted octanol–water partition coefficient (Wildman–Crippen LogP) is 2.70. The van der Waals surface area contributed by atoms with Crippen LogP contribution in [0, 0.1) is 11.8 Å². The molecule has 0 aliphatic heterocycles. The Kier molecular flexibility index (Phi) is 2.11. The number of allylic oxidation sites excluding steroid dienone is 1. The van der Waals surface area contributed by atoms with E-state index in [1.807, 2.05) is 0 Å². The summed E-state index contributed by atoms with van der Waals surface area (Å²) in [5.41, 5.74) is 1.34. The largest absolute Gasteiger partial charge is 0.300 e. The van der Waals surface area contributed by atoms with Crippen LogP contribution in [-0.2, 0) is 4.79 Å². The summed E-state index contributed by atoms with van der Waals surface area (Å²) in [7, 11) is 0. The van der Waals surface area contributed by atoms with Gasteiger partial charge in [-0.05, 0) is 24.7 Å². The number of carbonyl (C=O) groups excluding carboxylic acids is 1. The van der Waals surface area contributed by atoms with Gasteiger partial charge in [-0.1, -0.05) is 28.1 Å². The van der Waals surface area contributed by atoms with Crippen molar-refractivity contribution in [3.8, 4) is 0 Å². The molecule has 2 aliphatic carbocycles. The Morgan fingerprint density at radius 2 is 1.67 bits per heavy atom. The Morgan fingerprint density at radius 3 is 2.17 bits per heavy atom. The van der Waals surface area contributed by atoms with Gasteiger partial charge in [-0.25, -0.2) is 0 Å². The molecular weight excluding hydrogens is 216 g/mol. The smallest absolute Gasteiger partial charge is 0.133 e. The molecule has 66 valence electrons. The van der Waals surface area contributed by atoms with Crippen LogP contribution in [0.1, 0.15) is 25.7 Å². The van der Waals surface area contributed by atoms with E-state index in [2.05, 4.69) is 22.5 Å². The van der Waals surface area contributed by atoms with Gasteiger partial charge in [-0.15, -0.1) is 0 Å². The SMILES string of the molecule is C=C1CC2CC(=O)CC(C1)C2Br. The Morgan fingerprint density at radius 1 is 1.17 bits per heavy atom. The zero-order valence-corrected chi connectivity index (χ0v) is 8.64. The fraction of sp³-hybridized carbons (Fsp3) is 0.700. The normalized spacial score (nSPS) is 41.6. The molecule has 2 heteroatoms. The number of rotatable bonds is 0. The van der Waals surface area contributed by atoms with E-state index < -0.39 is 0 Å². The molecule has 2 unspecified atom stereocenters. The number of halogens is 1. The van der Waals surface area contributed by atoms with Gasteiger partial charge in [0.25, 0.3) is 0 Å². The first-order chi connectivity index (χ1) is 5.66. The topological polar surface area (TPSA) is 17.1 Å². The zero-order chi connectivity index (χ0) is 8.72. The molecular formula is C10H13BrO. The Balaban J connectivity index is 2.18. The minimum atomic E-state index is 0.452. The quantitative estimate of drug-likeness (QED) is 0.461. The third kappa shape index (κ3) is 1.37. The third-order valence-electron chi connectivity index (χ3n) is 2.98. The summed E-state index contributed by atoms with van der Waals surface area (Å²) < 4.78 is 0. The van der Waals surface area contributed by atoms with Gasteiger partial charge in [0.15, 0.2) is 0 Å². The zero-order valence-electron chi connectivity index (χ0n) is 7.05. The van der Waals surface area contributed by atoms with Crippen molar-refractivity contribution in [2.75, 3.05) is 0 Å². The molecule has 12 heavy (non-hydrogen) atoms. The maximum atomic E-state index is 11.3. The first-order valence-electron chi connectivity index (χ1n) is 4.49. The van der Waals surface area contributed by atoms with Gasteiger partial charge < -0.3 is 0 Å².